The first kappa shape index (κ1) is 8.75. The third-order valence-corrected chi connectivity index (χ3v) is 2.28. The molecule has 2 heteroatoms. The summed E-state index contributed by atoms with van der Waals surface area (Å²) in [6.07, 6.45) is 0. The number of benzene rings is 2. The van der Waals surface area contributed by atoms with Gasteiger partial charge in [-0.15, -0.1) is 0 Å². The molecule has 0 aromatic heterocycles. The van der Waals surface area contributed by atoms with Crippen LogP contribution < -0.4 is 4.74 Å². The first-order chi connectivity index (χ1) is 6.83. The summed E-state index contributed by atoms with van der Waals surface area (Å²) in [4.78, 5) is 10.3. The highest BCUT2D eigenvalue weighted by Gasteiger charge is 2.02. The van der Waals surface area contributed by atoms with Crippen LogP contribution in [0.5, 0.6) is 5.75 Å². The zero-order valence-electron chi connectivity index (χ0n) is 7.86. The number of fused-ring (bicyclic) bond motifs is 1. The molecule has 0 saturated heterocycles. The fourth-order valence-corrected chi connectivity index (χ4v) is 1.59. The van der Waals surface area contributed by atoms with Gasteiger partial charge in [-0.25, -0.2) is 0 Å². The van der Waals surface area contributed by atoms with E-state index in [2.05, 4.69) is 0 Å². The summed E-state index contributed by atoms with van der Waals surface area (Å²) in [6, 6.07) is 11.6. The Balaban J connectivity index is 2.74. The average Bonchev–Trinajstić information content (AvgIpc) is 2.20. The van der Waals surface area contributed by atoms with Crippen LogP contribution in [0.4, 0.5) is 0 Å². The quantitative estimate of drug-likeness (QED) is 0.674. The zero-order chi connectivity index (χ0) is 9.97. The van der Waals surface area contributed by atoms with Crippen molar-refractivity contribution in [1.29, 1.82) is 0 Å². The summed E-state index contributed by atoms with van der Waals surface area (Å²) in [5, 5.41) is 2.09. The molecule has 0 fully saturated rings. The van der Waals surface area contributed by atoms with Gasteiger partial charge >= 0.3 is 0 Å². The van der Waals surface area contributed by atoms with Crippen LogP contribution >= 0.6 is 0 Å². The molecular weight excluding hydrogens is 176 g/mol. The Morgan fingerprint density at radius 2 is 1.79 bits per heavy atom. The van der Waals surface area contributed by atoms with Crippen molar-refractivity contribution in [2.45, 2.75) is 6.92 Å². The predicted octanol–water partition coefficient (Wildman–Crippen LogP) is 2.68. The Labute approximate surface area is 82.1 Å². The van der Waals surface area contributed by atoms with Gasteiger partial charge in [0.05, 0.1) is 0 Å². The van der Waals surface area contributed by atoms with Gasteiger partial charge in [0, 0.05) is 5.39 Å². The number of rotatable bonds is 2. The summed E-state index contributed by atoms with van der Waals surface area (Å²) >= 11 is 0. The van der Waals surface area contributed by atoms with Crippen LogP contribution in [0.1, 0.15) is 5.56 Å². The second-order valence-electron chi connectivity index (χ2n) is 3.14. The lowest BCUT2D eigenvalue weighted by Crippen LogP contribution is -1.89. The van der Waals surface area contributed by atoms with Gasteiger partial charge in [-0.2, -0.15) is 0 Å². The van der Waals surface area contributed by atoms with E-state index in [-0.39, 0.29) is 0 Å². The summed E-state index contributed by atoms with van der Waals surface area (Å²) in [6.45, 7) is 2.49. The van der Waals surface area contributed by atoms with Gasteiger partial charge in [0.2, 0.25) is 0 Å². The lowest BCUT2D eigenvalue weighted by molar-refractivity contribution is -0.120. The molecule has 0 spiro atoms. The van der Waals surface area contributed by atoms with Crippen molar-refractivity contribution in [3.05, 3.63) is 42.0 Å². The molecule has 2 aromatic rings. The van der Waals surface area contributed by atoms with Crippen molar-refractivity contribution in [3.8, 4) is 5.75 Å². The van der Waals surface area contributed by atoms with Gasteiger partial charge in [0.1, 0.15) is 5.75 Å². The molecule has 0 aliphatic rings. The molecule has 14 heavy (non-hydrogen) atoms. The van der Waals surface area contributed by atoms with Crippen molar-refractivity contribution in [3.63, 3.8) is 0 Å². The Kier molecular flexibility index (Phi) is 2.19. The first-order valence-corrected chi connectivity index (χ1v) is 4.41. The molecule has 2 nitrogen and oxygen atoms in total. The van der Waals surface area contributed by atoms with Crippen LogP contribution in [0.25, 0.3) is 10.8 Å². The maximum atomic E-state index is 10.3. The van der Waals surface area contributed by atoms with Gasteiger partial charge in [0.15, 0.2) is 0 Å². The van der Waals surface area contributed by atoms with Crippen molar-refractivity contribution in [1.82, 2.24) is 0 Å². The maximum Gasteiger partial charge on any atom is 0.298 e. The van der Waals surface area contributed by atoms with Gasteiger partial charge < -0.3 is 4.74 Å². The monoisotopic (exact) mass is 186 g/mol. The molecule has 0 bridgehead atoms. The molecule has 0 aliphatic heterocycles. The van der Waals surface area contributed by atoms with Crippen LogP contribution in [0.15, 0.2) is 36.4 Å². The van der Waals surface area contributed by atoms with Gasteiger partial charge in [-0.3, -0.25) is 4.79 Å². The molecule has 0 aliphatic carbocycles. The standard InChI is InChI=1S/C12H10O2/c1-9-4-2-6-11-10(9)5-3-7-12(11)14-8-13/h2-8H,1H3. The summed E-state index contributed by atoms with van der Waals surface area (Å²) in [5.41, 5.74) is 1.18. The van der Waals surface area contributed by atoms with Gasteiger partial charge in [-0.05, 0) is 23.9 Å². The van der Waals surface area contributed by atoms with Crippen LogP contribution in [-0.4, -0.2) is 6.47 Å². The van der Waals surface area contributed by atoms with E-state index >= 15 is 0 Å². The van der Waals surface area contributed by atoms with Crippen LogP contribution in [-0.2, 0) is 4.79 Å². The molecular formula is C12H10O2. The van der Waals surface area contributed by atoms with Gasteiger partial charge in [-0.1, -0.05) is 30.3 Å². The number of hydrogen-bond acceptors (Lipinski definition) is 2. The lowest BCUT2D eigenvalue weighted by Gasteiger charge is -2.05. The number of carbonyl (C=O) groups excluding carboxylic acids is 1. The van der Waals surface area contributed by atoms with E-state index in [1.165, 1.54) is 5.56 Å². The Hall–Kier alpha value is -1.83. The minimum Gasteiger partial charge on any atom is -0.428 e. The van der Waals surface area contributed by atoms with Crippen molar-refractivity contribution in [2.75, 3.05) is 0 Å². The summed E-state index contributed by atoms with van der Waals surface area (Å²) in [5.74, 6) is 0.612. The van der Waals surface area contributed by atoms with Gasteiger partial charge in [0.25, 0.3) is 6.47 Å². The molecule has 0 N–H and O–H groups in total. The maximum absolute atomic E-state index is 10.3. The third kappa shape index (κ3) is 1.35. The molecule has 0 heterocycles. The third-order valence-electron chi connectivity index (χ3n) is 2.28. The topological polar surface area (TPSA) is 26.3 Å². The average molecular weight is 186 g/mol. The Bertz CT molecular complexity index is 475. The fourth-order valence-electron chi connectivity index (χ4n) is 1.59. The van der Waals surface area contributed by atoms with E-state index in [4.69, 9.17) is 4.74 Å². The molecule has 0 radical (unpaired) electrons. The molecule has 2 rings (SSSR count). The molecule has 0 saturated carbocycles. The number of carbonyl (C=O) groups is 1. The lowest BCUT2D eigenvalue weighted by atomic mass is 10.1. The normalized spacial score (nSPS) is 10.1. The number of hydrogen-bond donors (Lipinski definition) is 0. The van der Waals surface area contributed by atoms with E-state index < -0.39 is 0 Å². The molecule has 0 atom stereocenters. The van der Waals surface area contributed by atoms with E-state index in [9.17, 15) is 4.79 Å². The predicted molar refractivity (Wildman–Crippen MR) is 55.4 cm³/mol. The highest BCUT2D eigenvalue weighted by atomic mass is 16.5. The number of aryl methyl sites for hydroxylation is 1. The van der Waals surface area contributed by atoms with E-state index in [0.717, 1.165) is 10.8 Å². The summed E-state index contributed by atoms with van der Waals surface area (Å²) < 4.78 is 4.89. The van der Waals surface area contributed by atoms with Crippen LogP contribution in [0.2, 0.25) is 0 Å². The number of ether oxygens (including phenoxy) is 1. The van der Waals surface area contributed by atoms with Crippen molar-refractivity contribution < 1.29 is 9.53 Å². The first-order valence-electron chi connectivity index (χ1n) is 4.41. The molecule has 0 amide bonds. The van der Waals surface area contributed by atoms with Crippen LogP contribution in [0, 0.1) is 6.92 Å². The highest BCUT2D eigenvalue weighted by Crippen LogP contribution is 2.26. The van der Waals surface area contributed by atoms with Crippen LogP contribution in [0.3, 0.4) is 0 Å². The van der Waals surface area contributed by atoms with E-state index in [1.54, 1.807) is 6.07 Å². The zero-order valence-corrected chi connectivity index (χ0v) is 7.86. The minimum atomic E-state index is 0.455. The van der Waals surface area contributed by atoms with E-state index in [0.29, 0.717) is 12.2 Å². The Morgan fingerprint density at radius 1 is 1.07 bits per heavy atom. The Morgan fingerprint density at radius 3 is 2.57 bits per heavy atom. The molecule has 2 aromatic carbocycles. The highest BCUT2D eigenvalue weighted by molar-refractivity contribution is 5.91. The molecule has 70 valence electrons. The fraction of sp³-hybridized carbons (Fsp3) is 0.0833. The van der Waals surface area contributed by atoms with Crippen molar-refractivity contribution >= 4 is 17.2 Å². The minimum absolute atomic E-state index is 0.455. The second kappa shape index (κ2) is 3.50. The largest absolute Gasteiger partial charge is 0.428 e. The smallest absolute Gasteiger partial charge is 0.298 e. The van der Waals surface area contributed by atoms with E-state index in [1.807, 2.05) is 37.3 Å². The summed E-state index contributed by atoms with van der Waals surface area (Å²) in [7, 11) is 0. The van der Waals surface area contributed by atoms with Crippen molar-refractivity contribution in [2.24, 2.45) is 0 Å². The second-order valence-corrected chi connectivity index (χ2v) is 3.14. The molecule has 0 unspecified atom stereocenters. The SMILES string of the molecule is Cc1cccc2c(OC=O)cccc12.